The van der Waals surface area contributed by atoms with Crippen LogP contribution in [0.1, 0.15) is 25.0 Å². The van der Waals surface area contributed by atoms with Crippen molar-refractivity contribution >= 4 is 61.6 Å². The molecule has 0 saturated carbocycles. The Morgan fingerprint density at radius 2 is 1.57 bits per heavy atom. The SMILES string of the molecule is CC.Cc1cccc(Nc2cc(S(=O)(=O)O)c3nc(=O)/c(=C(\O)c4cccc(S)c4)c4c5ccccc5c(=O)c2c3=4)c1. The fourth-order valence-electron chi connectivity index (χ4n) is 5.12. The van der Waals surface area contributed by atoms with Gasteiger partial charge in [0, 0.05) is 32.0 Å². The van der Waals surface area contributed by atoms with E-state index < -0.39 is 31.8 Å². The molecule has 8 nitrogen and oxygen atoms in total. The van der Waals surface area contributed by atoms with E-state index in [2.05, 4.69) is 22.9 Å². The first-order chi connectivity index (χ1) is 20.0. The van der Waals surface area contributed by atoms with Crippen LogP contribution in [0.25, 0.3) is 27.4 Å². The lowest BCUT2D eigenvalue weighted by Crippen LogP contribution is -2.33. The predicted octanol–water partition coefficient (Wildman–Crippen LogP) is 5.32. The number of hydrogen-bond donors (Lipinski definition) is 4. The van der Waals surface area contributed by atoms with E-state index in [1.54, 1.807) is 66.7 Å². The molecule has 0 radical (unpaired) electrons. The first-order valence-electron chi connectivity index (χ1n) is 13.1. The number of thiol groups is 1. The molecule has 0 saturated heterocycles. The Balaban J connectivity index is 0.00000173. The molecule has 0 fully saturated rings. The smallest absolute Gasteiger partial charge is 0.296 e. The van der Waals surface area contributed by atoms with Crippen LogP contribution < -0.4 is 21.5 Å². The highest BCUT2D eigenvalue weighted by Gasteiger charge is 2.25. The van der Waals surface area contributed by atoms with Crippen molar-refractivity contribution < 1.29 is 18.1 Å². The molecule has 10 heteroatoms. The summed E-state index contributed by atoms with van der Waals surface area (Å²) in [6.07, 6.45) is 0. The Bertz CT molecular complexity index is 2360. The molecular formula is C32H26N2O6S2. The van der Waals surface area contributed by atoms with Crippen molar-refractivity contribution in [3.63, 3.8) is 0 Å². The van der Waals surface area contributed by atoms with Crippen molar-refractivity contribution in [2.24, 2.45) is 0 Å². The van der Waals surface area contributed by atoms with Crippen LogP contribution >= 0.6 is 12.6 Å². The van der Waals surface area contributed by atoms with Gasteiger partial charge >= 0.3 is 0 Å². The van der Waals surface area contributed by atoms with Crippen LogP contribution in [-0.4, -0.2) is 23.1 Å². The first kappa shape index (κ1) is 29.0. The second kappa shape index (κ2) is 11.1. The maximum absolute atomic E-state index is 14.0. The summed E-state index contributed by atoms with van der Waals surface area (Å²) in [6.45, 7) is 5.88. The number of rotatable bonds is 4. The zero-order valence-electron chi connectivity index (χ0n) is 22.8. The zero-order valence-corrected chi connectivity index (χ0v) is 24.5. The van der Waals surface area contributed by atoms with E-state index in [0.29, 0.717) is 16.0 Å². The summed E-state index contributed by atoms with van der Waals surface area (Å²) < 4.78 is 35.4. The van der Waals surface area contributed by atoms with Gasteiger partial charge in [-0.05, 0) is 48.2 Å². The lowest BCUT2D eigenvalue weighted by molar-refractivity contribution is 0.484. The Kier molecular flexibility index (Phi) is 7.63. The van der Waals surface area contributed by atoms with E-state index in [9.17, 15) is 27.7 Å². The molecule has 4 aromatic rings. The van der Waals surface area contributed by atoms with E-state index in [1.165, 1.54) is 0 Å². The second-order valence-corrected chi connectivity index (χ2v) is 11.3. The van der Waals surface area contributed by atoms with Gasteiger partial charge in [0.1, 0.15) is 10.7 Å². The van der Waals surface area contributed by atoms with E-state index in [1.807, 2.05) is 26.8 Å². The van der Waals surface area contributed by atoms with E-state index >= 15 is 0 Å². The quantitative estimate of drug-likeness (QED) is 0.158. The molecule has 212 valence electrons. The second-order valence-electron chi connectivity index (χ2n) is 9.43. The number of benzene rings is 4. The van der Waals surface area contributed by atoms with Gasteiger partial charge in [-0.25, -0.2) is 4.98 Å². The molecule has 0 bridgehead atoms. The Morgan fingerprint density at radius 3 is 2.24 bits per heavy atom. The molecule has 1 aliphatic carbocycles. The van der Waals surface area contributed by atoms with Crippen LogP contribution in [0, 0.1) is 17.4 Å². The average Bonchev–Trinajstić information content (AvgIpc) is 2.96. The van der Waals surface area contributed by atoms with Crippen molar-refractivity contribution in [2.75, 3.05) is 5.32 Å². The van der Waals surface area contributed by atoms with Crippen LogP contribution in [0.4, 0.5) is 11.4 Å². The third-order valence-electron chi connectivity index (χ3n) is 6.79. The van der Waals surface area contributed by atoms with E-state index in [0.717, 1.165) is 11.6 Å². The summed E-state index contributed by atoms with van der Waals surface area (Å²) in [5.41, 5.74) is 0.125. The normalized spacial score (nSPS) is 12.3. The summed E-state index contributed by atoms with van der Waals surface area (Å²) >= 11 is 4.33. The Hall–Kier alpha value is -4.51. The van der Waals surface area contributed by atoms with Crippen molar-refractivity contribution in [2.45, 2.75) is 30.6 Å². The topological polar surface area (TPSA) is 134 Å². The van der Waals surface area contributed by atoms with Crippen LogP contribution in [0.2, 0.25) is 0 Å². The first-order valence-corrected chi connectivity index (χ1v) is 15.0. The molecule has 3 N–H and O–H groups in total. The molecule has 6 rings (SSSR count). The highest BCUT2D eigenvalue weighted by Crippen LogP contribution is 2.31. The number of aromatic nitrogens is 1. The summed E-state index contributed by atoms with van der Waals surface area (Å²) in [6, 6.07) is 21.4. The fourth-order valence-corrected chi connectivity index (χ4v) is 6.01. The lowest BCUT2D eigenvalue weighted by Gasteiger charge is -2.15. The predicted molar refractivity (Wildman–Crippen MR) is 168 cm³/mol. The van der Waals surface area contributed by atoms with Gasteiger partial charge in [-0.1, -0.05) is 62.4 Å². The largest absolute Gasteiger partial charge is 0.506 e. The van der Waals surface area contributed by atoms with Gasteiger partial charge in [0.25, 0.3) is 15.7 Å². The number of nitrogens with one attached hydrogen (secondary N) is 1. The van der Waals surface area contributed by atoms with Crippen LogP contribution in [0.3, 0.4) is 0 Å². The van der Waals surface area contributed by atoms with Crippen molar-refractivity contribution in [3.05, 3.63) is 126 Å². The highest BCUT2D eigenvalue weighted by atomic mass is 32.2. The van der Waals surface area contributed by atoms with Gasteiger partial charge in [0.2, 0.25) is 0 Å². The van der Waals surface area contributed by atoms with Crippen LogP contribution in [0.5, 0.6) is 0 Å². The number of aliphatic hydroxyl groups is 1. The number of fused-ring (bicyclic) bond motifs is 2. The molecule has 0 spiro atoms. The van der Waals surface area contributed by atoms with Gasteiger partial charge in [0.15, 0.2) is 5.43 Å². The number of aryl methyl sites for hydroxylation is 1. The number of anilines is 2. The molecule has 1 heterocycles. The molecular weight excluding hydrogens is 572 g/mol. The standard InChI is InChI=1S/C30H20N2O6S2.C2H6/c1-15-6-4-8-17(12-15)31-21-14-22(40(36,37)38)27-25-23(19-10-2-3-11-20(19)29(34)24(21)25)26(30(35)32-27)28(33)16-7-5-9-18(39)13-16;1-2/h2-14,31,33,39H,1H3,(H,36,37,38);1-2H3/b28-26-;. The summed E-state index contributed by atoms with van der Waals surface area (Å²) in [7, 11) is -4.90. The minimum Gasteiger partial charge on any atom is -0.506 e. The fraction of sp³-hybridized carbons (Fsp3) is 0.0938. The molecule has 42 heavy (non-hydrogen) atoms. The third kappa shape index (κ3) is 4.94. The van der Waals surface area contributed by atoms with E-state index in [-0.39, 0.29) is 43.2 Å². The molecule has 0 aromatic heterocycles. The van der Waals surface area contributed by atoms with Crippen LogP contribution in [-0.2, 0) is 10.1 Å². The number of aliphatic hydroxyl groups excluding tert-OH is 1. The van der Waals surface area contributed by atoms with Crippen LogP contribution in [0.15, 0.2) is 98.2 Å². The average molecular weight is 599 g/mol. The maximum atomic E-state index is 14.0. The van der Waals surface area contributed by atoms with Crippen molar-refractivity contribution in [1.29, 1.82) is 0 Å². The molecule has 0 atom stereocenters. The summed E-state index contributed by atoms with van der Waals surface area (Å²) in [5, 5.41) is 15.1. The van der Waals surface area contributed by atoms with Gasteiger partial charge in [0.05, 0.1) is 21.8 Å². The van der Waals surface area contributed by atoms with E-state index in [4.69, 9.17) is 0 Å². The molecule has 0 unspecified atom stereocenters. The van der Waals surface area contributed by atoms with Gasteiger partial charge in [-0.3, -0.25) is 14.1 Å². The summed E-state index contributed by atoms with van der Waals surface area (Å²) in [4.78, 5) is 31.4. The zero-order chi connectivity index (χ0) is 30.3. The third-order valence-corrected chi connectivity index (χ3v) is 7.94. The molecule has 0 amide bonds. The molecule has 2 aliphatic rings. The molecule has 4 aromatic carbocycles. The van der Waals surface area contributed by atoms with Crippen molar-refractivity contribution in [1.82, 2.24) is 4.98 Å². The number of hydrogen-bond acceptors (Lipinski definition) is 8. The Labute approximate surface area is 246 Å². The monoisotopic (exact) mass is 598 g/mol. The van der Waals surface area contributed by atoms with Gasteiger partial charge in [-0.15, -0.1) is 12.6 Å². The minimum absolute atomic E-state index is 0.0251. The highest BCUT2D eigenvalue weighted by molar-refractivity contribution is 7.86. The molecule has 1 aliphatic heterocycles. The minimum atomic E-state index is -4.90. The maximum Gasteiger partial charge on any atom is 0.296 e. The van der Waals surface area contributed by atoms with Gasteiger partial charge < -0.3 is 10.4 Å². The summed E-state index contributed by atoms with van der Waals surface area (Å²) in [5.74, 6) is -0.411. The Morgan fingerprint density at radius 1 is 0.881 bits per heavy atom. The lowest BCUT2D eigenvalue weighted by atomic mass is 9.96. The van der Waals surface area contributed by atoms with Crippen molar-refractivity contribution in [3.8, 4) is 0 Å². The van der Waals surface area contributed by atoms with Gasteiger partial charge in [-0.2, -0.15) is 8.42 Å². The number of nitrogens with zero attached hydrogens (tertiary/aromatic N) is 1.